The van der Waals surface area contributed by atoms with Gasteiger partial charge in [-0.15, -0.1) is 0 Å². The van der Waals surface area contributed by atoms with Gasteiger partial charge in [-0.1, -0.05) is 12.1 Å². The average Bonchev–Trinajstić information content (AvgIpc) is 2.38. The summed E-state index contributed by atoms with van der Waals surface area (Å²) in [5, 5.41) is 8.99. The standard InChI is InChI=1S/C14H13NO3/c1-9-8-10(5-6-11(9)14(16)17)12-4-3-7-15-13(12)18-2/h3-8H,1-2H3,(H,16,17). The van der Waals surface area contributed by atoms with Gasteiger partial charge in [0, 0.05) is 11.8 Å². The van der Waals surface area contributed by atoms with Gasteiger partial charge in [-0.05, 0) is 36.2 Å². The van der Waals surface area contributed by atoms with Crippen LogP contribution in [-0.4, -0.2) is 23.2 Å². The van der Waals surface area contributed by atoms with Crippen molar-refractivity contribution in [2.45, 2.75) is 6.92 Å². The maximum Gasteiger partial charge on any atom is 0.335 e. The highest BCUT2D eigenvalue weighted by atomic mass is 16.5. The number of methoxy groups -OCH3 is 1. The minimum Gasteiger partial charge on any atom is -0.481 e. The molecule has 1 aromatic carbocycles. The molecule has 4 heteroatoms. The van der Waals surface area contributed by atoms with Gasteiger partial charge in [0.2, 0.25) is 5.88 Å². The number of benzene rings is 1. The van der Waals surface area contributed by atoms with Crippen molar-refractivity contribution in [2.24, 2.45) is 0 Å². The monoisotopic (exact) mass is 243 g/mol. The molecule has 92 valence electrons. The van der Waals surface area contributed by atoms with Gasteiger partial charge in [0.25, 0.3) is 0 Å². The summed E-state index contributed by atoms with van der Waals surface area (Å²) in [6, 6.07) is 8.89. The summed E-state index contributed by atoms with van der Waals surface area (Å²) < 4.78 is 5.19. The van der Waals surface area contributed by atoms with Crippen LogP contribution < -0.4 is 4.74 Å². The van der Waals surface area contributed by atoms with Crippen LogP contribution in [0.15, 0.2) is 36.5 Å². The summed E-state index contributed by atoms with van der Waals surface area (Å²) in [6.07, 6.45) is 1.65. The van der Waals surface area contributed by atoms with Gasteiger partial charge in [0.1, 0.15) is 0 Å². The fourth-order valence-corrected chi connectivity index (χ4v) is 1.84. The van der Waals surface area contributed by atoms with Gasteiger partial charge in [-0.3, -0.25) is 0 Å². The minimum atomic E-state index is -0.919. The van der Waals surface area contributed by atoms with E-state index in [0.717, 1.165) is 11.1 Å². The quantitative estimate of drug-likeness (QED) is 0.900. The summed E-state index contributed by atoms with van der Waals surface area (Å²) in [7, 11) is 1.56. The van der Waals surface area contributed by atoms with Crippen LogP contribution in [-0.2, 0) is 0 Å². The molecule has 0 saturated heterocycles. The molecular formula is C14H13NO3. The molecule has 0 saturated carbocycles. The molecule has 1 aromatic heterocycles. The molecule has 1 heterocycles. The number of aryl methyl sites for hydroxylation is 1. The molecule has 0 unspecified atom stereocenters. The van der Waals surface area contributed by atoms with E-state index < -0.39 is 5.97 Å². The summed E-state index contributed by atoms with van der Waals surface area (Å²) in [6.45, 7) is 1.77. The van der Waals surface area contributed by atoms with Crippen LogP contribution in [0.1, 0.15) is 15.9 Å². The predicted molar refractivity (Wildman–Crippen MR) is 67.9 cm³/mol. The predicted octanol–water partition coefficient (Wildman–Crippen LogP) is 2.76. The van der Waals surface area contributed by atoms with Gasteiger partial charge in [0.15, 0.2) is 0 Å². The summed E-state index contributed by atoms with van der Waals surface area (Å²) in [5.41, 5.74) is 2.76. The fraction of sp³-hybridized carbons (Fsp3) is 0.143. The normalized spacial score (nSPS) is 10.1. The van der Waals surface area contributed by atoms with E-state index in [1.54, 1.807) is 32.4 Å². The lowest BCUT2D eigenvalue weighted by atomic mass is 10.0. The van der Waals surface area contributed by atoms with E-state index in [4.69, 9.17) is 9.84 Å². The number of pyridine rings is 1. The minimum absolute atomic E-state index is 0.307. The molecule has 2 rings (SSSR count). The number of rotatable bonds is 3. The third kappa shape index (κ3) is 2.18. The Morgan fingerprint density at radius 2 is 2.11 bits per heavy atom. The van der Waals surface area contributed by atoms with Crippen molar-refractivity contribution >= 4 is 5.97 Å². The number of aromatic nitrogens is 1. The van der Waals surface area contributed by atoms with Crippen LogP contribution in [0.2, 0.25) is 0 Å². The molecule has 0 aliphatic carbocycles. The van der Waals surface area contributed by atoms with Crippen molar-refractivity contribution in [1.29, 1.82) is 0 Å². The van der Waals surface area contributed by atoms with Gasteiger partial charge < -0.3 is 9.84 Å². The fourth-order valence-electron chi connectivity index (χ4n) is 1.84. The number of ether oxygens (including phenoxy) is 1. The van der Waals surface area contributed by atoms with E-state index in [-0.39, 0.29) is 0 Å². The molecule has 0 amide bonds. The molecule has 0 spiro atoms. The smallest absolute Gasteiger partial charge is 0.335 e. The van der Waals surface area contributed by atoms with E-state index >= 15 is 0 Å². The topological polar surface area (TPSA) is 59.4 Å². The van der Waals surface area contributed by atoms with E-state index in [0.29, 0.717) is 17.0 Å². The van der Waals surface area contributed by atoms with E-state index in [1.165, 1.54) is 0 Å². The number of hydrogen-bond acceptors (Lipinski definition) is 3. The molecule has 0 bridgehead atoms. The number of hydrogen-bond donors (Lipinski definition) is 1. The largest absolute Gasteiger partial charge is 0.481 e. The Hall–Kier alpha value is -2.36. The first-order valence-corrected chi connectivity index (χ1v) is 5.47. The third-order valence-electron chi connectivity index (χ3n) is 2.73. The number of carbonyl (C=O) groups is 1. The first-order valence-electron chi connectivity index (χ1n) is 5.47. The second kappa shape index (κ2) is 4.87. The highest BCUT2D eigenvalue weighted by Gasteiger charge is 2.10. The maximum atomic E-state index is 11.0. The summed E-state index contributed by atoms with van der Waals surface area (Å²) >= 11 is 0. The molecule has 18 heavy (non-hydrogen) atoms. The Morgan fingerprint density at radius 3 is 2.72 bits per heavy atom. The Labute approximate surface area is 105 Å². The molecule has 0 radical (unpaired) electrons. The van der Waals surface area contributed by atoms with Crippen LogP contribution in [0.25, 0.3) is 11.1 Å². The average molecular weight is 243 g/mol. The van der Waals surface area contributed by atoms with E-state index in [1.807, 2.05) is 18.2 Å². The van der Waals surface area contributed by atoms with Crippen LogP contribution in [0.5, 0.6) is 5.88 Å². The van der Waals surface area contributed by atoms with Crippen molar-refractivity contribution in [3.05, 3.63) is 47.7 Å². The zero-order valence-electron chi connectivity index (χ0n) is 10.2. The number of nitrogens with zero attached hydrogens (tertiary/aromatic N) is 1. The number of carboxylic acid groups (broad SMARTS) is 1. The Kier molecular flexibility index (Phi) is 3.28. The Bertz CT molecular complexity index is 593. The molecule has 0 fully saturated rings. The Balaban J connectivity index is 2.52. The highest BCUT2D eigenvalue weighted by Crippen LogP contribution is 2.28. The lowest BCUT2D eigenvalue weighted by Gasteiger charge is -2.09. The SMILES string of the molecule is COc1ncccc1-c1ccc(C(=O)O)c(C)c1. The van der Waals surface area contributed by atoms with Crippen molar-refractivity contribution in [2.75, 3.05) is 7.11 Å². The van der Waals surface area contributed by atoms with Crippen LogP contribution in [0.3, 0.4) is 0 Å². The van der Waals surface area contributed by atoms with Crippen LogP contribution in [0.4, 0.5) is 0 Å². The van der Waals surface area contributed by atoms with Gasteiger partial charge in [0.05, 0.1) is 12.7 Å². The zero-order valence-corrected chi connectivity index (χ0v) is 10.2. The zero-order chi connectivity index (χ0) is 13.1. The van der Waals surface area contributed by atoms with E-state index in [2.05, 4.69) is 4.98 Å². The van der Waals surface area contributed by atoms with Gasteiger partial charge >= 0.3 is 5.97 Å². The molecular weight excluding hydrogens is 230 g/mol. The summed E-state index contributed by atoms with van der Waals surface area (Å²) in [4.78, 5) is 15.1. The van der Waals surface area contributed by atoms with Gasteiger partial charge in [-0.25, -0.2) is 9.78 Å². The first-order chi connectivity index (χ1) is 8.63. The van der Waals surface area contributed by atoms with Crippen molar-refractivity contribution < 1.29 is 14.6 Å². The lowest BCUT2D eigenvalue weighted by molar-refractivity contribution is 0.0696. The third-order valence-corrected chi connectivity index (χ3v) is 2.73. The second-order valence-corrected chi connectivity index (χ2v) is 3.90. The highest BCUT2D eigenvalue weighted by molar-refractivity contribution is 5.90. The molecule has 4 nitrogen and oxygen atoms in total. The number of aromatic carboxylic acids is 1. The van der Waals surface area contributed by atoms with Crippen LogP contribution in [0, 0.1) is 6.92 Å². The molecule has 2 aromatic rings. The first kappa shape index (κ1) is 12.1. The lowest BCUT2D eigenvalue weighted by Crippen LogP contribution is -1.99. The second-order valence-electron chi connectivity index (χ2n) is 3.90. The maximum absolute atomic E-state index is 11.0. The molecule has 1 N–H and O–H groups in total. The molecule has 0 aliphatic heterocycles. The summed E-state index contributed by atoms with van der Waals surface area (Å²) in [5.74, 6) is -0.392. The van der Waals surface area contributed by atoms with E-state index in [9.17, 15) is 4.79 Å². The van der Waals surface area contributed by atoms with Crippen molar-refractivity contribution in [3.63, 3.8) is 0 Å². The van der Waals surface area contributed by atoms with Crippen molar-refractivity contribution in [3.8, 4) is 17.0 Å². The molecule has 0 aliphatic rings. The van der Waals surface area contributed by atoms with Crippen LogP contribution >= 0.6 is 0 Å². The number of carboxylic acids is 1. The Morgan fingerprint density at radius 1 is 1.33 bits per heavy atom. The molecule has 0 atom stereocenters. The van der Waals surface area contributed by atoms with Gasteiger partial charge in [-0.2, -0.15) is 0 Å². The van der Waals surface area contributed by atoms with Crippen molar-refractivity contribution in [1.82, 2.24) is 4.98 Å².